The second-order valence-electron chi connectivity index (χ2n) is 4.67. The van der Waals surface area contributed by atoms with Crippen molar-refractivity contribution in [1.82, 2.24) is 0 Å². The maximum atomic E-state index is 13.6. The van der Waals surface area contributed by atoms with Gasteiger partial charge in [-0.3, -0.25) is 0 Å². The standard InChI is InChI=1S/C16H18FNO2/c1-10-7-8-12(9-13(10)17)20-15-6-4-5-14(19-3)16(15)11(2)18/h4-9,11H,18H2,1-3H3/t11-/m1/s1. The number of benzene rings is 2. The van der Waals surface area contributed by atoms with Crippen molar-refractivity contribution in [3.8, 4) is 17.2 Å². The Bertz CT molecular complexity index is 611. The molecule has 0 aliphatic rings. The van der Waals surface area contributed by atoms with E-state index in [1.165, 1.54) is 6.07 Å². The molecule has 2 rings (SSSR count). The molecule has 106 valence electrons. The summed E-state index contributed by atoms with van der Waals surface area (Å²) in [6.45, 7) is 3.55. The molecule has 0 fully saturated rings. The van der Waals surface area contributed by atoms with Crippen molar-refractivity contribution in [2.24, 2.45) is 5.73 Å². The third-order valence-electron chi connectivity index (χ3n) is 3.07. The van der Waals surface area contributed by atoms with E-state index >= 15 is 0 Å². The highest BCUT2D eigenvalue weighted by Gasteiger charge is 2.15. The molecule has 20 heavy (non-hydrogen) atoms. The van der Waals surface area contributed by atoms with Gasteiger partial charge in [-0.15, -0.1) is 0 Å². The average Bonchev–Trinajstić information content (AvgIpc) is 2.42. The Hall–Kier alpha value is -2.07. The lowest BCUT2D eigenvalue weighted by atomic mass is 10.1. The molecule has 0 heterocycles. The highest BCUT2D eigenvalue weighted by atomic mass is 19.1. The molecular weight excluding hydrogens is 257 g/mol. The molecule has 2 aromatic rings. The van der Waals surface area contributed by atoms with Crippen molar-refractivity contribution >= 4 is 0 Å². The van der Waals surface area contributed by atoms with E-state index in [1.807, 2.05) is 19.1 Å². The summed E-state index contributed by atoms with van der Waals surface area (Å²) in [6, 6.07) is 9.93. The number of aryl methyl sites for hydroxylation is 1. The van der Waals surface area contributed by atoms with Gasteiger partial charge in [-0.05, 0) is 37.6 Å². The van der Waals surface area contributed by atoms with Gasteiger partial charge in [-0.2, -0.15) is 0 Å². The van der Waals surface area contributed by atoms with Crippen LogP contribution in [0, 0.1) is 12.7 Å². The van der Waals surface area contributed by atoms with Crippen LogP contribution in [-0.4, -0.2) is 7.11 Å². The van der Waals surface area contributed by atoms with Crippen LogP contribution in [0.2, 0.25) is 0 Å². The molecule has 0 radical (unpaired) electrons. The third-order valence-corrected chi connectivity index (χ3v) is 3.07. The van der Waals surface area contributed by atoms with Crippen molar-refractivity contribution < 1.29 is 13.9 Å². The second-order valence-corrected chi connectivity index (χ2v) is 4.67. The fourth-order valence-electron chi connectivity index (χ4n) is 2.00. The van der Waals surface area contributed by atoms with Gasteiger partial charge in [0, 0.05) is 12.1 Å². The molecule has 0 aliphatic heterocycles. The van der Waals surface area contributed by atoms with Crippen molar-refractivity contribution in [3.05, 3.63) is 53.3 Å². The quantitative estimate of drug-likeness (QED) is 0.918. The first-order valence-electron chi connectivity index (χ1n) is 6.39. The summed E-state index contributed by atoms with van der Waals surface area (Å²) in [5.74, 6) is 1.36. The van der Waals surface area contributed by atoms with E-state index in [0.717, 1.165) is 5.56 Å². The van der Waals surface area contributed by atoms with Gasteiger partial charge in [0.05, 0.1) is 12.7 Å². The highest BCUT2D eigenvalue weighted by molar-refractivity contribution is 5.48. The Kier molecular flexibility index (Phi) is 4.25. The zero-order chi connectivity index (χ0) is 14.7. The first-order valence-corrected chi connectivity index (χ1v) is 6.39. The highest BCUT2D eigenvalue weighted by Crippen LogP contribution is 2.35. The smallest absolute Gasteiger partial charge is 0.135 e. The molecule has 1 atom stereocenters. The summed E-state index contributed by atoms with van der Waals surface area (Å²) < 4.78 is 24.6. The molecule has 0 saturated heterocycles. The SMILES string of the molecule is COc1cccc(Oc2ccc(C)c(F)c2)c1[C@@H](C)N. The van der Waals surface area contributed by atoms with E-state index in [2.05, 4.69) is 0 Å². The van der Waals surface area contributed by atoms with Crippen LogP contribution in [0.5, 0.6) is 17.2 Å². The zero-order valence-corrected chi connectivity index (χ0v) is 11.8. The van der Waals surface area contributed by atoms with Crippen molar-refractivity contribution in [2.45, 2.75) is 19.9 Å². The molecule has 2 N–H and O–H groups in total. The summed E-state index contributed by atoms with van der Waals surface area (Å²) in [6.07, 6.45) is 0. The van der Waals surface area contributed by atoms with Gasteiger partial charge >= 0.3 is 0 Å². The summed E-state index contributed by atoms with van der Waals surface area (Å²) in [7, 11) is 1.58. The predicted molar refractivity (Wildman–Crippen MR) is 76.8 cm³/mol. The van der Waals surface area contributed by atoms with Gasteiger partial charge in [0.2, 0.25) is 0 Å². The van der Waals surface area contributed by atoms with Gasteiger partial charge in [0.1, 0.15) is 23.1 Å². The summed E-state index contributed by atoms with van der Waals surface area (Å²) >= 11 is 0. The van der Waals surface area contributed by atoms with Gasteiger partial charge in [0.25, 0.3) is 0 Å². The lowest BCUT2D eigenvalue weighted by Gasteiger charge is -2.17. The van der Waals surface area contributed by atoms with Crippen LogP contribution in [0.15, 0.2) is 36.4 Å². The molecule has 3 nitrogen and oxygen atoms in total. The van der Waals surface area contributed by atoms with Crippen LogP contribution in [-0.2, 0) is 0 Å². The van der Waals surface area contributed by atoms with Crippen LogP contribution in [0.1, 0.15) is 24.1 Å². The minimum absolute atomic E-state index is 0.253. The first-order chi connectivity index (χ1) is 9.52. The van der Waals surface area contributed by atoms with E-state index < -0.39 is 0 Å². The molecule has 0 amide bonds. The molecule has 4 heteroatoms. The van der Waals surface area contributed by atoms with E-state index in [1.54, 1.807) is 32.2 Å². The Labute approximate surface area is 118 Å². The Balaban J connectivity index is 2.40. The van der Waals surface area contributed by atoms with Crippen LogP contribution in [0.3, 0.4) is 0 Å². The Morgan fingerprint density at radius 2 is 1.85 bits per heavy atom. The largest absolute Gasteiger partial charge is 0.496 e. The summed E-state index contributed by atoms with van der Waals surface area (Å²) in [5, 5.41) is 0. The molecule has 0 unspecified atom stereocenters. The first kappa shape index (κ1) is 14.3. The number of nitrogens with two attached hydrogens (primary N) is 1. The minimum Gasteiger partial charge on any atom is -0.496 e. The summed E-state index contributed by atoms with van der Waals surface area (Å²) in [5.41, 5.74) is 7.30. The lowest BCUT2D eigenvalue weighted by molar-refractivity contribution is 0.397. The monoisotopic (exact) mass is 275 g/mol. The maximum absolute atomic E-state index is 13.6. The molecule has 0 spiro atoms. The lowest BCUT2D eigenvalue weighted by Crippen LogP contribution is -2.08. The Morgan fingerprint density at radius 1 is 1.15 bits per heavy atom. The normalized spacial score (nSPS) is 12.1. The Morgan fingerprint density at radius 3 is 2.45 bits per heavy atom. The number of ether oxygens (including phenoxy) is 2. The van der Waals surface area contributed by atoms with Crippen LogP contribution in [0.25, 0.3) is 0 Å². The molecule has 0 aromatic heterocycles. The van der Waals surface area contributed by atoms with E-state index in [9.17, 15) is 4.39 Å². The van der Waals surface area contributed by atoms with Crippen molar-refractivity contribution in [3.63, 3.8) is 0 Å². The number of halogens is 1. The predicted octanol–water partition coefficient (Wildman–Crippen LogP) is 3.95. The van der Waals surface area contributed by atoms with Crippen LogP contribution >= 0.6 is 0 Å². The van der Waals surface area contributed by atoms with Crippen LogP contribution in [0.4, 0.5) is 4.39 Å². The molecular formula is C16H18FNO2. The fourth-order valence-corrected chi connectivity index (χ4v) is 2.00. The molecule has 0 aliphatic carbocycles. The topological polar surface area (TPSA) is 44.5 Å². The minimum atomic E-state index is -0.298. The molecule has 0 saturated carbocycles. The molecule has 2 aromatic carbocycles. The van der Waals surface area contributed by atoms with Crippen molar-refractivity contribution in [2.75, 3.05) is 7.11 Å². The number of hydrogen-bond acceptors (Lipinski definition) is 3. The summed E-state index contributed by atoms with van der Waals surface area (Å²) in [4.78, 5) is 0. The van der Waals surface area contributed by atoms with Gasteiger partial charge in [0.15, 0.2) is 0 Å². The van der Waals surface area contributed by atoms with Gasteiger partial charge in [-0.25, -0.2) is 4.39 Å². The van der Waals surface area contributed by atoms with E-state index in [-0.39, 0.29) is 11.9 Å². The van der Waals surface area contributed by atoms with Crippen LogP contribution < -0.4 is 15.2 Å². The third kappa shape index (κ3) is 2.91. The zero-order valence-electron chi connectivity index (χ0n) is 11.8. The van der Waals surface area contributed by atoms with Gasteiger partial charge in [-0.1, -0.05) is 12.1 Å². The second kappa shape index (κ2) is 5.92. The maximum Gasteiger partial charge on any atom is 0.135 e. The van der Waals surface area contributed by atoms with Crippen molar-refractivity contribution in [1.29, 1.82) is 0 Å². The average molecular weight is 275 g/mol. The number of methoxy groups -OCH3 is 1. The van der Waals surface area contributed by atoms with E-state index in [4.69, 9.17) is 15.2 Å². The fraction of sp³-hybridized carbons (Fsp3) is 0.250. The molecule has 0 bridgehead atoms. The number of hydrogen-bond donors (Lipinski definition) is 1. The van der Waals surface area contributed by atoms with Gasteiger partial charge < -0.3 is 15.2 Å². The number of rotatable bonds is 4. The van der Waals surface area contributed by atoms with E-state index in [0.29, 0.717) is 22.8 Å².